The monoisotopic (exact) mass is 359 g/mol. The SMILES string of the molecule is COC(=O)c1ccc(Cl)c(S(=O)(=O)N(C)Cc2cccs2)c1. The van der Waals surface area contributed by atoms with Crippen molar-refractivity contribution in [2.45, 2.75) is 11.4 Å². The van der Waals surface area contributed by atoms with Crippen molar-refractivity contribution in [1.29, 1.82) is 0 Å². The number of ether oxygens (including phenoxy) is 1. The van der Waals surface area contributed by atoms with Gasteiger partial charge >= 0.3 is 5.97 Å². The number of sulfonamides is 1. The third-order valence-corrected chi connectivity index (χ3v) is 6.15. The summed E-state index contributed by atoms with van der Waals surface area (Å²) in [6, 6.07) is 7.73. The van der Waals surface area contributed by atoms with Gasteiger partial charge in [0.1, 0.15) is 4.90 Å². The molecule has 22 heavy (non-hydrogen) atoms. The summed E-state index contributed by atoms with van der Waals surface area (Å²) in [4.78, 5) is 12.4. The number of rotatable bonds is 5. The lowest BCUT2D eigenvalue weighted by Crippen LogP contribution is -2.26. The maximum absolute atomic E-state index is 12.6. The van der Waals surface area contributed by atoms with Crippen LogP contribution in [0.3, 0.4) is 0 Å². The molecule has 1 aromatic carbocycles. The highest BCUT2D eigenvalue weighted by Gasteiger charge is 2.25. The van der Waals surface area contributed by atoms with Crippen LogP contribution in [0.5, 0.6) is 0 Å². The van der Waals surface area contributed by atoms with E-state index in [1.165, 1.54) is 48.0 Å². The molecule has 5 nitrogen and oxygen atoms in total. The fourth-order valence-electron chi connectivity index (χ4n) is 1.82. The van der Waals surface area contributed by atoms with Crippen LogP contribution in [-0.2, 0) is 21.3 Å². The van der Waals surface area contributed by atoms with Crippen molar-refractivity contribution in [3.8, 4) is 0 Å². The molecule has 0 amide bonds. The van der Waals surface area contributed by atoms with Gasteiger partial charge in [-0.25, -0.2) is 13.2 Å². The summed E-state index contributed by atoms with van der Waals surface area (Å²) in [5.74, 6) is -0.617. The average Bonchev–Trinajstić information content (AvgIpc) is 2.99. The van der Waals surface area contributed by atoms with Crippen LogP contribution in [0.1, 0.15) is 15.2 Å². The molecule has 0 fully saturated rings. The largest absolute Gasteiger partial charge is 0.465 e. The van der Waals surface area contributed by atoms with Crippen molar-refractivity contribution in [2.24, 2.45) is 0 Å². The molecule has 118 valence electrons. The molecule has 0 aliphatic carbocycles. The molecule has 0 saturated carbocycles. The van der Waals surface area contributed by atoms with E-state index in [9.17, 15) is 13.2 Å². The lowest BCUT2D eigenvalue weighted by atomic mass is 10.2. The minimum atomic E-state index is -3.81. The standard InChI is InChI=1S/C14H14ClNO4S2/c1-16(9-11-4-3-7-21-11)22(18,19)13-8-10(14(17)20-2)5-6-12(13)15/h3-8H,9H2,1-2H3. The van der Waals surface area contributed by atoms with Crippen LogP contribution in [0.2, 0.25) is 5.02 Å². The Morgan fingerprint density at radius 2 is 2.09 bits per heavy atom. The maximum Gasteiger partial charge on any atom is 0.337 e. The summed E-state index contributed by atoms with van der Waals surface area (Å²) in [6.45, 7) is 0.235. The number of hydrogen-bond donors (Lipinski definition) is 0. The number of carbonyl (C=O) groups is 1. The van der Waals surface area contributed by atoms with E-state index in [1.54, 1.807) is 0 Å². The van der Waals surface area contributed by atoms with Crippen LogP contribution in [0, 0.1) is 0 Å². The van der Waals surface area contributed by atoms with Gasteiger partial charge in [0.15, 0.2) is 0 Å². The van der Waals surface area contributed by atoms with Crippen LogP contribution >= 0.6 is 22.9 Å². The molecule has 0 atom stereocenters. The van der Waals surface area contributed by atoms with E-state index < -0.39 is 16.0 Å². The highest BCUT2D eigenvalue weighted by atomic mass is 35.5. The quantitative estimate of drug-likeness (QED) is 0.770. The zero-order chi connectivity index (χ0) is 16.3. The van der Waals surface area contributed by atoms with Gasteiger partial charge in [-0.1, -0.05) is 17.7 Å². The first-order valence-electron chi connectivity index (χ1n) is 6.23. The van der Waals surface area contributed by atoms with Gasteiger partial charge in [-0.3, -0.25) is 0 Å². The number of thiophene rings is 1. The normalized spacial score (nSPS) is 11.6. The minimum absolute atomic E-state index is 0.0608. The fraction of sp³-hybridized carbons (Fsp3) is 0.214. The van der Waals surface area contributed by atoms with E-state index in [2.05, 4.69) is 4.74 Å². The molecule has 0 unspecified atom stereocenters. The highest BCUT2D eigenvalue weighted by Crippen LogP contribution is 2.27. The van der Waals surface area contributed by atoms with Crippen LogP contribution in [0.15, 0.2) is 40.6 Å². The Bertz CT molecular complexity index is 772. The molecule has 0 saturated heterocycles. The third kappa shape index (κ3) is 3.49. The van der Waals surface area contributed by atoms with E-state index in [-0.39, 0.29) is 22.0 Å². The second kappa shape index (κ2) is 6.78. The van der Waals surface area contributed by atoms with Gasteiger partial charge in [-0.05, 0) is 29.6 Å². The first-order valence-corrected chi connectivity index (χ1v) is 8.92. The molecule has 2 aromatic rings. The third-order valence-electron chi connectivity index (χ3n) is 3.00. The number of benzene rings is 1. The van der Waals surface area contributed by atoms with E-state index in [4.69, 9.17) is 11.6 Å². The summed E-state index contributed by atoms with van der Waals surface area (Å²) in [5, 5.41) is 1.94. The van der Waals surface area contributed by atoms with Gasteiger partial charge in [-0.15, -0.1) is 11.3 Å². The Morgan fingerprint density at radius 3 is 2.68 bits per heavy atom. The Morgan fingerprint density at radius 1 is 1.36 bits per heavy atom. The highest BCUT2D eigenvalue weighted by molar-refractivity contribution is 7.89. The molecule has 0 aliphatic heterocycles. The van der Waals surface area contributed by atoms with Gasteiger partial charge in [-0.2, -0.15) is 4.31 Å². The summed E-state index contributed by atoms with van der Waals surface area (Å²) in [7, 11) is -1.11. The number of nitrogens with zero attached hydrogens (tertiary/aromatic N) is 1. The van der Waals surface area contributed by atoms with Gasteiger partial charge in [0.05, 0.1) is 17.7 Å². The molecular formula is C14H14ClNO4S2. The summed E-state index contributed by atoms with van der Waals surface area (Å²) >= 11 is 7.46. The Kier molecular flexibility index (Phi) is 5.23. The van der Waals surface area contributed by atoms with Crippen LogP contribution in [0.25, 0.3) is 0 Å². The first kappa shape index (κ1) is 17.0. The predicted octanol–water partition coefficient (Wildman–Crippen LogP) is 3.01. The van der Waals surface area contributed by atoms with Crippen molar-refractivity contribution in [3.63, 3.8) is 0 Å². The number of carbonyl (C=O) groups excluding carboxylic acids is 1. The lowest BCUT2D eigenvalue weighted by Gasteiger charge is -2.17. The summed E-state index contributed by atoms with van der Waals surface area (Å²) < 4.78 is 31.1. The maximum atomic E-state index is 12.6. The van der Waals surface area contributed by atoms with Gasteiger partial charge < -0.3 is 4.74 Å². The number of esters is 1. The van der Waals surface area contributed by atoms with Crippen molar-refractivity contribution >= 4 is 38.9 Å². The van der Waals surface area contributed by atoms with Gasteiger partial charge in [0.2, 0.25) is 10.0 Å². The van der Waals surface area contributed by atoms with Crippen LogP contribution in [0.4, 0.5) is 0 Å². The molecule has 2 rings (SSSR count). The fourth-order valence-corrected chi connectivity index (χ4v) is 4.30. The topological polar surface area (TPSA) is 63.7 Å². The second-order valence-corrected chi connectivity index (χ2v) is 7.93. The van der Waals surface area contributed by atoms with Crippen molar-refractivity contribution in [3.05, 3.63) is 51.2 Å². The van der Waals surface area contributed by atoms with E-state index in [0.717, 1.165) is 4.88 Å². The molecule has 0 aliphatic rings. The molecular weight excluding hydrogens is 346 g/mol. The summed E-state index contributed by atoms with van der Waals surface area (Å²) in [6.07, 6.45) is 0. The van der Waals surface area contributed by atoms with Crippen molar-refractivity contribution in [2.75, 3.05) is 14.2 Å². The lowest BCUT2D eigenvalue weighted by molar-refractivity contribution is 0.0600. The zero-order valence-corrected chi connectivity index (χ0v) is 14.3. The van der Waals surface area contributed by atoms with Crippen molar-refractivity contribution < 1.29 is 17.9 Å². The number of hydrogen-bond acceptors (Lipinski definition) is 5. The Labute approximate surface area is 138 Å². The first-order chi connectivity index (χ1) is 10.4. The minimum Gasteiger partial charge on any atom is -0.465 e. The van der Waals surface area contributed by atoms with E-state index in [0.29, 0.717) is 0 Å². The van der Waals surface area contributed by atoms with Crippen LogP contribution < -0.4 is 0 Å². The summed E-state index contributed by atoms with van der Waals surface area (Å²) in [5.41, 5.74) is 0.134. The Hall–Kier alpha value is -1.41. The Balaban J connectivity index is 2.37. The molecule has 1 aromatic heterocycles. The molecule has 0 spiro atoms. The predicted molar refractivity (Wildman–Crippen MR) is 85.8 cm³/mol. The molecule has 0 N–H and O–H groups in total. The zero-order valence-electron chi connectivity index (χ0n) is 11.9. The molecule has 1 heterocycles. The van der Waals surface area contributed by atoms with Gasteiger partial charge in [0, 0.05) is 18.5 Å². The number of halogens is 1. The molecule has 8 heteroatoms. The smallest absolute Gasteiger partial charge is 0.337 e. The van der Waals surface area contributed by atoms with Gasteiger partial charge in [0.25, 0.3) is 0 Å². The number of methoxy groups -OCH3 is 1. The molecule has 0 bridgehead atoms. The molecule has 0 radical (unpaired) electrons. The van der Waals surface area contributed by atoms with E-state index in [1.807, 2.05) is 17.5 Å². The average molecular weight is 360 g/mol. The second-order valence-electron chi connectivity index (χ2n) is 4.48. The van der Waals surface area contributed by atoms with Crippen LogP contribution in [-0.4, -0.2) is 32.8 Å². The van der Waals surface area contributed by atoms with Crippen molar-refractivity contribution in [1.82, 2.24) is 4.31 Å². The van der Waals surface area contributed by atoms with E-state index >= 15 is 0 Å².